The van der Waals surface area contributed by atoms with Crippen molar-refractivity contribution in [3.8, 4) is 0 Å². The van der Waals surface area contributed by atoms with Crippen molar-refractivity contribution in [3.63, 3.8) is 0 Å². The normalized spacial score (nSPS) is 13.8. The van der Waals surface area contributed by atoms with Crippen LogP contribution < -0.4 is 5.32 Å². The number of halogens is 4. The second-order valence-corrected chi connectivity index (χ2v) is 10.4. The third-order valence-corrected chi connectivity index (χ3v) is 7.49. The fourth-order valence-corrected chi connectivity index (χ4v) is 5.25. The molecular formula is C29H20Cl4N2O3. The second kappa shape index (κ2) is 11.3. The van der Waals surface area contributed by atoms with E-state index >= 15 is 0 Å². The number of carbonyl (C=O) groups is 2. The number of hydrogen-bond acceptors (Lipinski definition) is 4. The summed E-state index contributed by atoms with van der Waals surface area (Å²) in [7, 11) is 0. The fraction of sp³-hybridized carbons (Fsp3) is 0.138. The Balaban J connectivity index is 1.46. The summed E-state index contributed by atoms with van der Waals surface area (Å²) in [4.78, 5) is 30.8. The second-order valence-electron chi connectivity index (χ2n) is 8.78. The summed E-state index contributed by atoms with van der Waals surface area (Å²) < 4.78 is 5.48. The zero-order valence-corrected chi connectivity index (χ0v) is 22.9. The first-order valence-electron chi connectivity index (χ1n) is 11.8. The molecule has 0 aliphatic heterocycles. The molecule has 1 aromatic heterocycles. The van der Waals surface area contributed by atoms with Crippen LogP contribution in [0.1, 0.15) is 40.0 Å². The highest BCUT2D eigenvalue weighted by Crippen LogP contribution is 2.37. The number of pyridine rings is 1. The monoisotopic (exact) mass is 584 g/mol. The maximum absolute atomic E-state index is 13.4. The minimum absolute atomic E-state index is 0.285. The molecule has 1 N–H and O–H groups in total. The van der Waals surface area contributed by atoms with E-state index in [0.717, 1.165) is 35.2 Å². The van der Waals surface area contributed by atoms with Crippen LogP contribution in [0.3, 0.4) is 0 Å². The van der Waals surface area contributed by atoms with Crippen molar-refractivity contribution in [1.29, 1.82) is 0 Å². The Labute approximate surface area is 239 Å². The molecule has 3 aromatic carbocycles. The van der Waals surface area contributed by atoms with Gasteiger partial charge in [-0.3, -0.25) is 4.79 Å². The van der Waals surface area contributed by atoms with Gasteiger partial charge in [0, 0.05) is 10.4 Å². The van der Waals surface area contributed by atoms with Crippen molar-refractivity contribution in [2.24, 2.45) is 0 Å². The molecule has 5 nitrogen and oxygen atoms in total. The van der Waals surface area contributed by atoms with E-state index < -0.39 is 18.5 Å². The maximum atomic E-state index is 13.4. The van der Waals surface area contributed by atoms with Crippen LogP contribution in [0, 0.1) is 0 Å². The summed E-state index contributed by atoms with van der Waals surface area (Å²) in [6.07, 6.45) is 4.29. The summed E-state index contributed by atoms with van der Waals surface area (Å²) in [6.45, 7) is -0.477. The Morgan fingerprint density at radius 1 is 0.921 bits per heavy atom. The lowest BCUT2D eigenvalue weighted by molar-refractivity contribution is -0.119. The average Bonchev–Trinajstić information content (AvgIpc) is 2.90. The van der Waals surface area contributed by atoms with E-state index in [1.165, 1.54) is 6.07 Å². The van der Waals surface area contributed by atoms with Gasteiger partial charge in [-0.1, -0.05) is 70.7 Å². The summed E-state index contributed by atoms with van der Waals surface area (Å²) >= 11 is 24.3. The molecule has 192 valence electrons. The molecule has 9 heteroatoms. The zero-order chi connectivity index (χ0) is 26.8. The summed E-state index contributed by atoms with van der Waals surface area (Å²) in [5.74, 6) is -1.11. The molecule has 0 radical (unpaired) electrons. The number of fused-ring (bicyclic) bond motifs is 2. The van der Waals surface area contributed by atoms with Crippen LogP contribution in [-0.4, -0.2) is 23.5 Å². The molecule has 0 unspecified atom stereocenters. The van der Waals surface area contributed by atoms with Gasteiger partial charge < -0.3 is 10.1 Å². The number of para-hydroxylation sites is 1. The lowest BCUT2D eigenvalue weighted by atomic mass is 9.86. The molecule has 0 saturated carbocycles. The summed E-state index contributed by atoms with van der Waals surface area (Å²) in [5.41, 5.74) is 4.87. The first-order chi connectivity index (χ1) is 18.3. The number of nitrogens with zero attached hydrogens (tertiary/aromatic N) is 1. The summed E-state index contributed by atoms with van der Waals surface area (Å²) in [6, 6.07) is 17.5. The Morgan fingerprint density at radius 2 is 1.74 bits per heavy atom. The number of esters is 1. The number of nitrogens with one attached hydrogen (secondary N) is 1. The Morgan fingerprint density at radius 3 is 2.53 bits per heavy atom. The van der Waals surface area contributed by atoms with Gasteiger partial charge in [-0.25, -0.2) is 9.78 Å². The third kappa shape index (κ3) is 5.67. The van der Waals surface area contributed by atoms with Crippen molar-refractivity contribution in [3.05, 3.63) is 103 Å². The Hall–Kier alpha value is -3.09. The predicted octanol–water partition coefficient (Wildman–Crippen LogP) is 8.52. The number of aromatic nitrogens is 1. The molecule has 0 fully saturated rings. The number of ether oxygens (including phenoxy) is 1. The highest BCUT2D eigenvalue weighted by atomic mass is 35.5. The molecule has 1 heterocycles. The van der Waals surface area contributed by atoms with Gasteiger partial charge in [0.2, 0.25) is 0 Å². The molecule has 38 heavy (non-hydrogen) atoms. The van der Waals surface area contributed by atoms with E-state index in [2.05, 4.69) is 5.32 Å². The van der Waals surface area contributed by atoms with E-state index in [4.69, 9.17) is 56.1 Å². The van der Waals surface area contributed by atoms with Crippen LogP contribution in [0.25, 0.3) is 22.6 Å². The van der Waals surface area contributed by atoms with Gasteiger partial charge in [-0.05, 0) is 78.4 Å². The lowest BCUT2D eigenvalue weighted by Gasteiger charge is -2.22. The van der Waals surface area contributed by atoms with E-state index in [1.807, 2.05) is 36.4 Å². The van der Waals surface area contributed by atoms with E-state index in [0.29, 0.717) is 43.6 Å². The number of rotatable bonds is 5. The van der Waals surface area contributed by atoms with Crippen molar-refractivity contribution in [2.75, 3.05) is 11.9 Å². The quantitative estimate of drug-likeness (QED) is 0.238. The number of carbonyl (C=O) groups excluding carboxylic acids is 2. The largest absolute Gasteiger partial charge is 0.452 e. The van der Waals surface area contributed by atoms with Crippen LogP contribution in [-0.2, 0) is 16.0 Å². The van der Waals surface area contributed by atoms with E-state index in [-0.39, 0.29) is 5.02 Å². The molecule has 1 amide bonds. The highest BCUT2D eigenvalue weighted by Gasteiger charge is 2.26. The van der Waals surface area contributed by atoms with Crippen molar-refractivity contribution in [2.45, 2.75) is 19.3 Å². The molecule has 0 atom stereocenters. The lowest BCUT2D eigenvalue weighted by Crippen LogP contribution is -2.22. The van der Waals surface area contributed by atoms with Gasteiger partial charge >= 0.3 is 5.97 Å². The Bertz CT molecular complexity index is 1620. The van der Waals surface area contributed by atoms with Crippen molar-refractivity contribution >= 4 is 86.5 Å². The molecule has 4 aromatic rings. The van der Waals surface area contributed by atoms with Gasteiger partial charge in [-0.15, -0.1) is 0 Å². The van der Waals surface area contributed by atoms with Gasteiger partial charge in [0.05, 0.1) is 37.5 Å². The first kappa shape index (κ1) is 26.5. The van der Waals surface area contributed by atoms with Crippen molar-refractivity contribution in [1.82, 2.24) is 4.98 Å². The molecule has 5 rings (SSSR count). The number of allylic oxidation sites excluding steroid dienone is 1. The molecule has 1 aliphatic rings. The van der Waals surface area contributed by atoms with Crippen molar-refractivity contribution < 1.29 is 14.3 Å². The summed E-state index contributed by atoms with van der Waals surface area (Å²) in [5, 5.41) is 4.99. The smallest absolute Gasteiger partial charge is 0.339 e. The number of anilines is 1. The Kier molecular flexibility index (Phi) is 7.91. The van der Waals surface area contributed by atoms with Crippen LogP contribution in [0.5, 0.6) is 0 Å². The van der Waals surface area contributed by atoms with Gasteiger partial charge in [0.1, 0.15) is 0 Å². The topological polar surface area (TPSA) is 68.3 Å². The first-order valence-corrected chi connectivity index (χ1v) is 13.3. The fourth-order valence-electron chi connectivity index (χ4n) is 4.49. The molecule has 0 bridgehead atoms. The van der Waals surface area contributed by atoms with Gasteiger partial charge in [0.15, 0.2) is 6.61 Å². The molecule has 0 saturated heterocycles. The number of amides is 1. The zero-order valence-electron chi connectivity index (χ0n) is 19.9. The molecule has 1 aliphatic carbocycles. The molecular weight excluding hydrogens is 566 g/mol. The SMILES string of the molecule is O=C(COC(=O)c1c2c(nc3ccccc13)/C(=C/c1ccc(Cl)c(Cl)c1)CCC2)Nc1ccc(Cl)cc1Cl. The number of benzene rings is 3. The van der Waals surface area contributed by atoms with Crippen LogP contribution in [0.15, 0.2) is 60.7 Å². The standard InChI is InChI=1S/C29H20Cl4N2O3/c30-18-9-11-25(23(33)14-18)34-26(36)15-38-29(37)27-19-5-1-2-7-24(19)35-28-17(4-3-6-20(27)28)12-16-8-10-21(31)22(32)13-16/h1-2,5,7-14H,3-4,6,15H2,(H,34,36)/b17-12+. The minimum atomic E-state index is -0.590. The van der Waals surface area contributed by atoms with Crippen LogP contribution >= 0.6 is 46.4 Å². The third-order valence-electron chi connectivity index (χ3n) is 6.20. The maximum Gasteiger partial charge on any atom is 0.339 e. The molecule has 0 spiro atoms. The minimum Gasteiger partial charge on any atom is -0.452 e. The van der Waals surface area contributed by atoms with E-state index in [1.54, 1.807) is 24.3 Å². The van der Waals surface area contributed by atoms with Gasteiger partial charge in [-0.2, -0.15) is 0 Å². The van der Waals surface area contributed by atoms with E-state index in [9.17, 15) is 9.59 Å². The predicted molar refractivity (Wildman–Crippen MR) is 154 cm³/mol. The number of hydrogen-bond donors (Lipinski definition) is 1. The van der Waals surface area contributed by atoms with Crippen LogP contribution in [0.4, 0.5) is 5.69 Å². The average molecular weight is 586 g/mol. The van der Waals surface area contributed by atoms with Gasteiger partial charge in [0.25, 0.3) is 5.91 Å². The highest BCUT2D eigenvalue weighted by molar-refractivity contribution is 6.42. The van der Waals surface area contributed by atoms with Crippen LogP contribution in [0.2, 0.25) is 20.1 Å².